The quantitative estimate of drug-likeness (QED) is 0.780. The molecular weight excluding hydrogens is 246 g/mol. The molecule has 0 radical (unpaired) electrons. The Kier molecular flexibility index (Phi) is 3.64. The molecular formula is C14H17NO4. The van der Waals surface area contributed by atoms with Gasteiger partial charge < -0.3 is 14.3 Å². The lowest BCUT2D eigenvalue weighted by Crippen LogP contribution is -2.48. The van der Waals surface area contributed by atoms with E-state index in [1.165, 1.54) is 11.3 Å². The number of benzene rings is 1. The Balaban J connectivity index is 2.25. The summed E-state index contributed by atoms with van der Waals surface area (Å²) in [5.41, 5.74) is -0.203. The largest absolute Gasteiger partial charge is 0.497 e. The Morgan fingerprint density at radius 2 is 2.05 bits per heavy atom. The number of rotatable bonds is 4. The summed E-state index contributed by atoms with van der Waals surface area (Å²) in [5, 5.41) is 1.52. The van der Waals surface area contributed by atoms with Crippen LogP contribution in [0.15, 0.2) is 36.6 Å². The van der Waals surface area contributed by atoms with Gasteiger partial charge in [0.2, 0.25) is 0 Å². The van der Waals surface area contributed by atoms with E-state index in [1.54, 1.807) is 27.0 Å². The Labute approximate surface area is 112 Å². The molecule has 1 aliphatic heterocycles. The van der Waals surface area contributed by atoms with E-state index in [0.29, 0.717) is 6.61 Å². The van der Waals surface area contributed by atoms with Crippen molar-refractivity contribution < 1.29 is 19.1 Å². The number of hydroxylamine groups is 1. The van der Waals surface area contributed by atoms with Crippen LogP contribution in [0.3, 0.4) is 0 Å². The van der Waals surface area contributed by atoms with Gasteiger partial charge in [0, 0.05) is 0 Å². The molecule has 19 heavy (non-hydrogen) atoms. The summed E-state index contributed by atoms with van der Waals surface area (Å²) in [5.74, 6) is 0.397. The van der Waals surface area contributed by atoms with E-state index in [0.717, 1.165) is 11.4 Å². The van der Waals surface area contributed by atoms with E-state index in [1.807, 2.05) is 24.3 Å². The first-order valence-electron chi connectivity index (χ1n) is 6.08. The van der Waals surface area contributed by atoms with Crippen molar-refractivity contribution >= 4 is 11.7 Å². The van der Waals surface area contributed by atoms with Gasteiger partial charge in [0.15, 0.2) is 5.54 Å². The van der Waals surface area contributed by atoms with Crippen LogP contribution in [-0.2, 0) is 14.4 Å². The molecule has 1 aliphatic rings. The fourth-order valence-electron chi connectivity index (χ4n) is 1.88. The molecule has 1 aromatic rings. The predicted molar refractivity (Wildman–Crippen MR) is 70.7 cm³/mol. The molecule has 0 aliphatic carbocycles. The minimum atomic E-state index is -0.954. The minimum Gasteiger partial charge on any atom is -0.497 e. The molecule has 0 amide bonds. The average Bonchev–Trinajstić information content (AvgIpc) is 2.83. The van der Waals surface area contributed by atoms with Crippen LogP contribution < -0.4 is 9.80 Å². The molecule has 0 fully saturated rings. The number of carbonyl (C=O) groups is 1. The number of esters is 1. The minimum absolute atomic E-state index is 0.332. The summed E-state index contributed by atoms with van der Waals surface area (Å²) in [6.45, 7) is 3.86. The fraction of sp³-hybridized carbons (Fsp3) is 0.357. The lowest BCUT2D eigenvalue weighted by Gasteiger charge is -2.31. The van der Waals surface area contributed by atoms with Crippen molar-refractivity contribution in [1.82, 2.24) is 0 Å². The molecule has 0 saturated heterocycles. The van der Waals surface area contributed by atoms with Crippen molar-refractivity contribution in [2.75, 3.05) is 18.8 Å². The monoisotopic (exact) mass is 263 g/mol. The van der Waals surface area contributed by atoms with E-state index < -0.39 is 5.54 Å². The van der Waals surface area contributed by atoms with Crippen molar-refractivity contribution in [3.8, 4) is 5.75 Å². The SMILES string of the molecule is CCOC(=O)C1(C)C=CON1c1ccc(OC)cc1. The number of ether oxygens (including phenoxy) is 2. The molecule has 102 valence electrons. The third kappa shape index (κ3) is 2.36. The number of hydrogen-bond acceptors (Lipinski definition) is 5. The summed E-state index contributed by atoms with van der Waals surface area (Å²) in [6.07, 6.45) is 3.16. The van der Waals surface area contributed by atoms with Crippen LogP contribution in [0.1, 0.15) is 13.8 Å². The van der Waals surface area contributed by atoms with Gasteiger partial charge in [0.1, 0.15) is 12.0 Å². The fourth-order valence-corrected chi connectivity index (χ4v) is 1.88. The first-order chi connectivity index (χ1) is 9.11. The summed E-state index contributed by atoms with van der Waals surface area (Å²) >= 11 is 0. The van der Waals surface area contributed by atoms with Crippen LogP contribution in [0.25, 0.3) is 0 Å². The summed E-state index contributed by atoms with van der Waals surface area (Å²) < 4.78 is 10.2. The lowest BCUT2D eigenvalue weighted by molar-refractivity contribution is -0.148. The molecule has 1 aromatic carbocycles. The van der Waals surface area contributed by atoms with Gasteiger partial charge in [-0.2, -0.15) is 5.06 Å². The average molecular weight is 263 g/mol. The molecule has 1 unspecified atom stereocenters. The first kappa shape index (κ1) is 13.3. The topological polar surface area (TPSA) is 48.0 Å². The Morgan fingerprint density at radius 1 is 1.37 bits per heavy atom. The molecule has 5 nitrogen and oxygen atoms in total. The summed E-state index contributed by atoms with van der Waals surface area (Å²) in [7, 11) is 1.60. The molecule has 5 heteroatoms. The van der Waals surface area contributed by atoms with E-state index in [2.05, 4.69) is 0 Å². The molecule has 0 aromatic heterocycles. The zero-order valence-electron chi connectivity index (χ0n) is 11.3. The van der Waals surface area contributed by atoms with Gasteiger partial charge in [0.25, 0.3) is 0 Å². The lowest BCUT2D eigenvalue weighted by atomic mass is 10.0. The van der Waals surface area contributed by atoms with Crippen LogP contribution in [0.2, 0.25) is 0 Å². The van der Waals surface area contributed by atoms with Crippen molar-refractivity contribution in [1.29, 1.82) is 0 Å². The highest BCUT2D eigenvalue weighted by Crippen LogP contribution is 2.32. The molecule has 0 spiro atoms. The molecule has 2 rings (SSSR count). The second-order valence-electron chi connectivity index (χ2n) is 4.27. The maximum Gasteiger partial charge on any atom is 0.339 e. The Bertz CT molecular complexity index is 483. The van der Waals surface area contributed by atoms with Gasteiger partial charge in [-0.25, -0.2) is 4.79 Å². The number of anilines is 1. The molecule has 0 N–H and O–H groups in total. The normalized spacial score (nSPS) is 21.1. The highest BCUT2D eigenvalue weighted by molar-refractivity contribution is 5.87. The highest BCUT2D eigenvalue weighted by Gasteiger charge is 2.44. The predicted octanol–water partition coefficient (Wildman–Crippen LogP) is 2.28. The maximum atomic E-state index is 12.1. The number of nitrogens with zero attached hydrogens (tertiary/aromatic N) is 1. The second-order valence-corrected chi connectivity index (χ2v) is 4.27. The maximum absolute atomic E-state index is 12.1. The molecule has 1 heterocycles. The van der Waals surface area contributed by atoms with Crippen LogP contribution in [0, 0.1) is 0 Å². The third-order valence-electron chi connectivity index (χ3n) is 2.98. The smallest absolute Gasteiger partial charge is 0.339 e. The van der Waals surface area contributed by atoms with Crippen molar-refractivity contribution in [3.63, 3.8) is 0 Å². The first-order valence-corrected chi connectivity index (χ1v) is 6.08. The van der Waals surface area contributed by atoms with Crippen molar-refractivity contribution in [2.45, 2.75) is 19.4 Å². The Morgan fingerprint density at radius 3 is 2.63 bits per heavy atom. The molecule has 0 bridgehead atoms. The standard InChI is InChI=1S/C14H17NO4/c1-4-18-13(16)14(2)9-10-19-15(14)11-5-7-12(17-3)8-6-11/h5-10H,4H2,1-3H3. The number of carbonyl (C=O) groups excluding carboxylic acids is 1. The van der Waals surface area contributed by atoms with Gasteiger partial charge in [0.05, 0.1) is 19.4 Å². The van der Waals surface area contributed by atoms with Crippen molar-refractivity contribution in [3.05, 3.63) is 36.6 Å². The summed E-state index contributed by atoms with van der Waals surface area (Å²) in [4.78, 5) is 17.5. The molecule has 0 saturated carbocycles. The molecule has 1 atom stereocenters. The zero-order chi connectivity index (χ0) is 13.9. The van der Waals surface area contributed by atoms with Gasteiger partial charge >= 0.3 is 5.97 Å². The number of hydrogen-bond donors (Lipinski definition) is 0. The second kappa shape index (κ2) is 5.22. The van der Waals surface area contributed by atoms with Gasteiger partial charge in [-0.1, -0.05) is 0 Å². The zero-order valence-corrected chi connectivity index (χ0v) is 11.3. The van der Waals surface area contributed by atoms with E-state index in [9.17, 15) is 4.79 Å². The van der Waals surface area contributed by atoms with Crippen LogP contribution >= 0.6 is 0 Å². The van der Waals surface area contributed by atoms with Crippen molar-refractivity contribution in [2.24, 2.45) is 0 Å². The number of methoxy groups -OCH3 is 1. The van der Waals surface area contributed by atoms with E-state index in [4.69, 9.17) is 14.3 Å². The van der Waals surface area contributed by atoms with E-state index >= 15 is 0 Å². The van der Waals surface area contributed by atoms with Crippen LogP contribution in [0.4, 0.5) is 5.69 Å². The summed E-state index contributed by atoms with van der Waals surface area (Å²) in [6, 6.07) is 7.26. The van der Waals surface area contributed by atoms with E-state index in [-0.39, 0.29) is 5.97 Å². The highest BCUT2D eigenvalue weighted by atomic mass is 16.7. The van der Waals surface area contributed by atoms with Gasteiger partial charge in [-0.3, -0.25) is 0 Å². The Hall–Kier alpha value is -2.17. The van der Waals surface area contributed by atoms with Crippen LogP contribution in [-0.4, -0.2) is 25.2 Å². The van der Waals surface area contributed by atoms with Gasteiger partial charge in [-0.15, -0.1) is 0 Å². The van der Waals surface area contributed by atoms with Crippen LogP contribution in [0.5, 0.6) is 5.75 Å². The van der Waals surface area contributed by atoms with Gasteiger partial charge in [-0.05, 0) is 44.2 Å². The third-order valence-corrected chi connectivity index (χ3v) is 2.98.